The first kappa shape index (κ1) is 12.3. The molecule has 1 aliphatic carbocycles. The van der Waals surface area contributed by atoms with E-state index in [9.17, 15) is 4.39 Å². The van der Waals surface area contributed by atoms with Gasteiger partial charge in [-0.2, -0.15) is 0 Å². The van der Waals surface area contributed by atoms with Crippen molar-refractivity contribution in [2.45, 2.75) is 25.3 Å². The van der Waals surface area contributed by atoms with E-state index in [1.54, 1.807) is 6.20 Å². The van der Waals surface area contributed by atoms with Gasteiger partial charge in [-0.25, -0.2) is 9.37 Å². The third-order valence-corrected chi connectivity index (χ3v) is 3.10. The van der Waals surface area contributed by atoms with Crippen LogP contribution < -0.4 is 10.6 Å². The summed E-state index contributed by atoms with van der Waals surface area (Å²) in [5.41, 5.74) is 5.34. The van der Waals surface area contributed by atoms with Crippen LogP contribution in [0.25, 0.3) is 0 Å². The Kier molecular flexibility index (Phi) is 3.61. The number of hydrogen-bond acceptors (Lipinski definition) is 3. The zero-order valence-corrected chi connectivity index (χ0v) is 10.9. The van der Waals surface area contributed by atoms with Gasteiger partial charge >= 0.3 is 0 Å². The second kappa shape index (κ2) is 5.00. The summed E-state index contributed by atoms with van der Waals surface area (Å²) in [7, 11) is 0. The van der Waals surface area contributed by atoms with Gasteiger partial charge in [-0.1, -0.05) is 0 Å². The van der Waals surface area contributed by atoms with Crippen molar-refractivity contribution in [1.82, 2.24) is 4.98 Å². The topological polar surface area (TPSA) is 66.0 Å². The molecule has 6 heteroatoms. The number of hydrogen-bond donors (Lipinski definition) is 2. The lowest BCUT2D eigenvalue weighted by Crippen LogP contribution is -2.31. The summed E-state index contributed by atoms with van der Waals surface area (Å²) in [6.07, 6.45) is 4.12. The van der Waals surface area contributed by atoms with Crippen molar-refractivity contribution in [3.8, 4) is 0 Å². The van der Waals surface area contributed by atoms with Crippen molar-refractivity contribution in [3.05, 3.63) is 22.6 Å². The molecule has 92 valence electrons. The number of nitrogens with two attached hydrogens (primary N) is 1. The first-order valence-electron chi connectivity index (χ1n) is 5.48. The van der Waals surface area contributed by atoms with Crippen LogP contribution in [-0.4, -0.2) is 23.4 Å². The number of nitrogens with zero attached hydrogens (tertiary/aromatic N) is 2. The lowest BCUT2D eigenvalue weighted by molar-refractivity contribution is 0.606. The van der Waals surface area contributed by atoms with Gasteiger partial charge in [-0.3, -0.25) is 5.41 Å². The van der Waals surface area contributed by atoms with Gasteiger partial charge in [0.15, 0.2) is 11.6 Å². The molecule has 3 N–H and O–H groups in total. The molecule has 0 bridgehead atoms. The van der Waals surface area contributed by atoms with Crippen LogP contribution >= 0.6 is 15.9 Å². The highest BCUT2D eigenvalue weighted by Crippen LogP contribution is 2.32. The van der Waals surface area contributed by atoms with Crippen molar-refractivity contribution >= 4 is 27.6 Å². The van der Waals surface area contributed by atoms with Gasteiger partial charge in [0, 0.05) is 29.7 Å². The van der Waals surface area contributed by atoms with E-state index in [2.05, 4.69) is 20.9 Å². The minimum absolute atomic E-state index is 0.119. The van der Waals surface area contributed by atoms with E-state index in [0.717, 1.165) is 12.8 Å². The molecule has 0 aromatic carbocycles. The molecule has 0 amide bonds. The molecule has 2 rings (SSSR count). The number of aromatic nitrogens is 1. The molecule has 1 aliphatic rings. The van der Waals surface area contributed by atoms with Crippen LogP contribution in [0.3, 0.4) is 0 Å². The second-order valence-corrected chi connectivity index (χ2v) is 5.07. The van der Waals surface area contributed by atoms with Crippen molar-refractivity contribution in [2.75, 3.05) is 11.4 Å². The van der Waals surface area contributed by atoms with E-state index in [1.165, 1.54) is 6.07 Å². The van der Waals surface area contributed by atoms with Gasteiger partial charge in [0.25, 0.3) is 0 Å². The van der Waals surface area contributed by atoms with E-state index in [4.69, 9.17) is 11.1 Å². The van der Waals surface area contributed by atoms with E-state index in [1.807, 2.05) is 4.90 Å². The van der Waals surface area contributed by atoms with Crippen LogP contribution in [0.2, 0.25) is 0 Å². The van der Waals surface area contributed by atoms with Crippen LogP contribution in [0.5, 0.6) is 0 Å². The number of pyridine rings is 1. The largest absolute Gasteiger partial charge is 0.388 e. The van der Waals surface area contributed by atoms with Crippen molar-refractivity contribution in [2.24, 2.45) is 5.73 Å². The fraction of sp³-hybridized carbons (Fsp3) is 0.455. The molecule has 1 saturated carbocycles. The lowest BCUT2D eigenvalue weighted by Gasteiger charge is -2.23. The molecule has 0 atom stereocenters. The number of rotatable bonds is 5. The molecular formula is C11H14BrFN4. The number of amidine groups is 1. The fourth-order valence-electron chi connectivity index (χ4n) is 1.71. The standard InChI is InChI=1S/C11H14BrFN4/c12-7-5-9(13)11(16-6-7)17(8-1-2-8)4-3-10(14)15/h5-6,8H,1-4H2,(H3,14,15). The highest BCUT2D eigenvalue weighted by Gasteiger charge is 2.31. The summed E-state index contributed by atoms with van der Waals surface area (Å²) in [4.78, 5) is 6.02. The number of nitrogens with one attached hydrogen (secondary N) is 1. The fourth-order valence-corrected chi connectivity index (χ4v) is 2.01. The molecule has 4 nitrogen and oxygen atoms in total. The number of anilines is 1. The molecule has 1 heterocycles. The van der Waals surface area contributed by atoms with E-state index in [-0.39, 0.29) is 11.7 Å². The maximum Gasteiger partial charge on any atom is 0.166 e. The summed E-state index contributed by atoms with van der Waals surface area (Å²) in [6, 6.07) is 1.75. The van der Waals surface area contributed by atoms with Gasteiger partial charge in [0.05, 0.1) is 5.84 Å². The van der Waals surface area contributed by atoms with Crippen molar-refractivity contribution in [3.63, 3.8) is 0 Å². The smallest absolute Gasteiger partial charge is 0.166 e. The van der Waals surface area contributed by atoms with Crippen molar-refractivity contribution in [1.29, 1.82) is 5.41 Å². The van der Waals surface area contributed by atoms with Crippen LogP contribution in [0, 0.1) is 11.2 Å². The predicted octanol–water partition coefficient (Wildman–Crippen LogP) is 2.28. The Hall–Kier alpha value is -1.17. The Bertz CT molecular complexity index is 433. The van der Waals surface area contributed by atoms with Crippen LogP contribution in [0.15, 0.2) is 16.7 Å². The molecule has 0 radical (unpaired) electrons. The molecule has 1 aromatic heterocycles. The summed E-state index contributed by atoms with van der Waals surface area (Å²) in [5.74, 6) is 0.139. The SMILES string of the molecule is N=C(N)CCN(c1ncc(Br)cc1F)C1CC1. The molecular weight excluding hydrogens is 287 g/mol. The monoisotopic (exact) mass is 300 g/mol. The summed E-state index contributed by atoms with van der Waals surface area (Å²) in [6.45, 7) is 0.547. The highest BCUT2D eigenvalue weighted by molar-refractivity contribution is 9.10. The molecule has 1 fully saturated rings. The molecule has 0 saturated heterocycles. The minimum Gasteiger partial charge on any atom is -0.388 e. The third kappa shape index (κ3) is 3.15. The third-order valence-electron chi connectivity index (χ3n) is 2.67. The average Bonchev–Trinajstić information content (AvgIpc) is 3.04. The Labute approximate surface area is 108 Å². The Morgan fingerprint density at radius 3 is 2.88 bits per heavy atom. The normalized spacial score (nSPS) is 14.7. The molecule has 0 spiro atoms. The molecule has 0 unspecified atom stereocenters. The average molecular weight is 301 g/mol. The number of halogens is 2. The Morgan fingerprint density at radius 2 is 2.35 bits per heavy atom. The second-order valence-electron chi connectivity index (χ2n) is 4.16. The zero-order chi connectivity index (χ0) is 12.4. The quantitative estimate of drug-likeness (QED) is 0.647. The van der Waals surface area contributed by atoms with Gasteiger partial charge < -0.3 is 10.6 Å². The highest BCUT2D eigenvalue weighted by atomic mass is 79.9. The van der Waals surface area contributed by atoms with E-state index >= 15 is 0 Å². The minimum atomic E-state index is -0.338. The Morgan fingerprint density at radius 1 is 1.65 bits per heavy atom. The van der Waals surface area contributed by atoms with Gasteiger partial charge in [0.2, 0.25) is 0 Å². The van der Waals surface area contributed by atoms with E-state index < -0.39 is 0 Å². The molecule has 17 heavy (non-hydrogen) atoms. The predicted molar refractivity (Wildman–Crippen MR) is 68.8 cm³/mol. The lowest BCUT2D eigenvalue weighted by atomic mass is 10.3. The van der Waals surface area contributed by atoms with Crippen LogP contribution in [-0.2, 0) is 0 Å². The maximum absolute atomic E-state index is 13.8. The Balaban J connectivity index is 2.17. The molecule has 1 aromatic rings. The van der Waals surface area contributed by atoms with Gasteiger partial charge in [-0.15, -0.1) is 0 Å². The van der Waals surface area contributed by atoms with Crippen LogP contribution in [0.1, 0.15) is 19.3 Å². The molecule has 0 aliphatic heterocycles. The summed E-state index contributed by atoms with van der Waals surface area (Å²) >= 11 is 3.19. The maximum atomic E-state index is 13.8. The summed E-state index contributed by atoms with van der Waals surface area (Å²) < 4.78 is 14.4. The zero-order valence-electron chi connectivity index (χ0n) is 9.29. The summed E-state index contributed by atoms with van der Waals surface area (Å²) in [5, 5.41) is 7.23. The first-order chi connectivity index (χ1) is 8.08. The first-order valence-corrected chi connectivity index (χ1v) is 6.28. The van der Waals surface area contributed by atoms with E-state index in [0.29, 0.717) is 29.3 Å². The van der Waals surface area contributed by atoms with Crippen LogP contribution in [0.4, 0.5) is 10.2 Å². The van der Waals surface area contributed by atoms with Crippen molar-refractivity contribution < 1.29 is 4.39 Å². The van der Waals surface area contributed by atoms with Gasteiger partial charge in [-0.05, 0) is 34.8 Å². The van der Waals surface area contributed by atoms with Gasteiger partial charge in [0.1, 0.15) is 0 Å².